The first-order chi connectivity index (χ1) is 14.6. The zero-order valence-corrected chi connectivity index (χ0v) is 17.4. The van der Waals surface area contributed by atoms with E-state index in [1.165, 1.54) is 29.3 Å². The Kier molecular flexibility index (Phi) is 6.38. The monoisotopic (exact) mass is 426 g/mol. The number of aromatic carboxylic acids is 1. The van der Waals surface area contributed by atoms with Crippen LogP contribution in [0.25, 0.3) is 5.69 Å². The second-order valence-electron chi connectivity index (χ2n) is 8.39. The van der Waals surface area contributed by atoms with Gasteiger partial charge in [-0.3, -0.25) is 14.8 Å². The quantitative estimate of drug-likeness (QED) is 0.595. The Balaban J connectivity index is 1.80. The molecule has 3 heterocycles. The second kappa shape index (κ2) is 8.99. The van der Waals surface area contributed by atoms with Gasteiger partial charge in [0.25, 0.3) is 5.91 Å². The molecule has 0 aliphatic rings. The zero-order chi connectivity index (χ0) is 22.6. The predicted molar refractivity (Wildman–Crippen MR) is 109 cm³/mol. The number of hydrogen-bond acceptors (Lipinski definition) is 6. The number of halogens is 1. The van der Waals surface area contributed by atoms with Crippen LogP contribution >= 0.6 is 0 Å². The molecule has 0 aliphatic heterocycles. The van der Waals surface area contributed by atoms with Crippen molar-refractivity contribution in [3.05, 3.63) is 65.8 Å². The highest BCUT2D eigenvalue weighted by atomic mass is 19.1. The van der Waals surface area contributed by atoms with Gasteiger partial charge in [-0.1, -0.05) is 26.0 Å². The molecule has 31 heavy (non-hydrogen) atoms. The fraction of sp³-hybridized carbons (Fsp3) is 0.333. The van der Waals surface area contributed by atoms with Gasteiger partial charge in [0.1, 0.15) is 5.82 Å². The van der Waals surface area contributed by atoms with Crippen molar-refractivity contribution in [2.75, 3.05) is 6.54 Å². The van der Waals surface area contributed by atoms with Crippen LogP contribution in [0.1, 0.15) is 59.5 Å². The highest BCUT2D eigenvalue weighted by Crippen LogP contribution is 2.30. The smallest absolute Gasteiger partial charge is 0.337 e. The van der Waals surface area contributed by atoms with E-state index in [4.69, 9.17) is 5.11 Å². The molecule has 0 saturated heterocycles. The van der Waals surface area contributed by atoms with Gasteiger partial charge in [0.2, 0.25) is 0 Å². The van der Waals surface area contributed by atoms with Crippen LogP contribution in [0.5, 0.6) is 0 Å². The van der Waals surface area contributed by atoms with Crippen molar-refractivity contribution in [2.24, 2.45) is 5.41 Å². The van der Waals surface area contributed by atoms with E-state index in [0.717, 1.165) is 12.3 Å². The van der Waals surface area contributed by atoms with E-state index in [1.807, 2.05) is 0 Å². The maximum atomic E-state index is 13.4. The first-order valence-electron chi connectivity index (χ1n) is 9.62. The van der Waals surface area contributed by atoms with Crippen molar-refractivity contribution < 1.29 is 19.1 Å². The van der Waals surface area contributed by atoms with Gasteiger partial charge in [-0.05, 0) is 24.0 Å². The van der Waals surface area contributed by atoms with Gasteiger partial charge < -0.3 is 10.4 Å². The molecule has 162 valence electrons. The third-order valence-corrected chi connectivity index (χ3v) is 4.50. The van der Waals surface area contributed by atoms with Gasteiger partial charge in [-0.15, -0.1) is 5.10 Å². The van der Waals surface area contributed by atoms with Gasteiger partial charge in [0.05, 0.1) is 41.1 Å². The van der Waals surface area contributed by atoms with Crippen LogP contribution in [0, 0.1) is 11.2 Å². The summed E-state index contributed by atoms with van der Waals surface area (Å²) in [5.74, 6) is -2.28. The number of hydrogen-bond donors (Lipinski definition) is 2. The Bertz CT molecular complexity index is 1090. The van der Waals surface area contributed by atoms with E-state index in [1.54, 1.807) is 6.20 Å². The summed E-state index contributed by atoms with van der Waals surface area (Å²) < 4.78 is 14.8. The molecule has 0 aromatic carbocycles. The molecule has 3 aromatic rings. The molecule has 0 fully saturated rings. The minimum Gasteiger partial charge on any atom is -0.478 e. The number of nitrogens with zero attached hydrogens (tertiary/aromatic N) is 5. The molecule has 10 heteroatoms. The van der Waals surface area contributed by atoms with Gasteiger partial charge in [-0.2, -0.15) is 0 Å². The second-order valence-corrected chi connectivity index (χ2v) is 8.39. The van der Waals surface area contributed by atoms with E-state index in [2.05, 4.69) is 46.4 Å². The molecule has 0 radical (unpaired) electrons. The van der Waals surface area contributed by atoms with Crippen molar-refractivity contribution in [1.82, 2.24) is 30.3 Å². The summed E-state index contributed by atoms with van der Waals surface area (Å²) in [6.07, 6.45) is 7.46. The number of amides is 1. The standard InChI is InChI=1S/C21H23FN6O3/c1-21(2,3)6-15(9-25-19(29)13-4-16(22)10-23-7-13)18-12-28(27-26-18)17-5-14(20(30)31)8-24-11-17/h4-5,7-8,10-12,15H,6,9H2,1-3H3,(H,25,29)(H,30,31). The van der Waals surface area contributed by atoms with Crippen molar-refractivity contribution >= 4 is 11.9 Å². The summed E-state index contributed by atoms with van der Waals surface area (Å²) >= 11 is 0. The van der Waals surface area contributed by atoms with Gasteiger partial charge >= 0.3 is 5.97 Å². The lowest BCUT2D eigenvalue weighted by Gasteiger charge is -2.24. The van der Waals surface area contributed by atoms with Crippen LogP contribution in [0.3, 0.4) is 0 Å². The Morgan fingerprint density at radius 1 is 1.13 bits per heavy atom. The van der Waals surface area contributed by atoms with Crippen LogP contribution in [0.2, 0.25) is 0 Å². The van der Waals surface area contributed by atoms with E-state index in [-0.39, 0.29) is 29.0 Å². The fourth-order valence-electron chi connectivity index (χ4n) is 3.13. The summed E-state index contributed by atoms with van der Waals surface area (Å²) in [6.45, 7) is 6.48. The maximum Gasteiger partial charge on any atom is 0.337 e. The van der Waals surface area contributed by atoms with Crippen molar-refractivity contribution in [3.8, 4) is 5.69 Å². The number of pyridine rings is 2. The van der Waals surface area contributed by atoms with E-state index >= 15 is 0 Å². The minimum absolute atomic E-state index is 0.0387. The summed E-state index contributed by atoms with van der Waals surface area (Å²) in [7, 11) is 0. The van der Waals surface area contributed by atoms with Crippen LogP contribution < -0.4 is 5.32 Å². The van der Waals surface area contributed by atoms with E-state index < -0.39 is 17.7 Å². The number of carbonyl (C=O) groups is 2. The molecular formula is C21H23FN6O3. The van der Waals surface area contributed by atoms with Crippen LogP contribution in [-0.4, -0.2) is 48.5 Å². The molecule has 3 rings (SSSR count). The molecular weight excluding hydrogens is 403 g/mol. The summed E-state index contributed by atoms with van der Waals surface area (Å²) in [5.41, 5.74) is 1.20. The molecule has 1 unspecified atom stereocenters. The van der Waals surface area contributed by atoms with Gasteiger partial charge in [0.15, 0.2) is 0 Å². The average Bonchev–Trinajstić information content (AvgIpc) is 3.20. The average molecular weight is 426 g/mol. The highest BCUT2D eigenvalue weighted by molar-refractivity contribution is 5.93. The number of aromatic nitrogens is 5. The summed E-state index contributed by atoms with van der Waals surface area (Å²) in [6, 6.07) is 2.57. The van der Waals surface area contributed by atoms with E-state index in [0.29, 0.717) is 17.8 Å². The largest absolute Gasteiger partial charge is 0.478 e. The maximum absolute atomic E-state index is 13.4. The third kappa shape index (κ3) is 5.91. The Morgan fingerprint density at radius 2 is 1.84 bits per heavy atom. The lowest BCUT2D eigenvalue weighted by atomic mass is 9.83. The van der Waals surface area contributed by atoms with Crippen molar-refractivity contribution in [3.63, 3.8) is 0 Å². The van der Waals surface area contributed by atoms with Gasteiger partial charge in [-0.25, -0.2) is 13.9 Å². The predicted octanol–water partition coefficient (Wildman–Crippen LogP) is 2.84. The Morgan fingerprint density at radius 3 is 2.52 bits per heavy atom. The minimum atomic E-state index is -1.09. The molecule has 3 aromatic heterocycles. The number of carboxylic acids is 1. The van der Waals surface area contributed by atoms with Crippen LogP contribution in [0.4, 0.5) is 4.39 Å². The SMILES string of the molecule is CC(C)(C)CC(CNC(=O)c1cncc(F)c1)c1cn(-c2cncc(C(=O)O)c2)nn1. The molecule has 0 bridgehead atoms. The van der Waals surface area contributed by atoms with Crippen molar-refractivity contribution in [1.29, 1.82) is 0 Å². The topological polar surface area (TPSA) is 123 Å². The lowest BCUT2D eigenvalue weighted by molar-refractivity contribution is 0.0696. The first-order valence-corrected chi connectivity index (χ1v) is 9.62. The fourth-order valence-corrected chi connectivity index (χ4v) is 3.13. The zero-order valence-electron chi connectivity index (χ0n) is 17.4. The number of carbonyl (C=O) groups excluding carboxylic acids is 1. The number of rotatable bonds is 7. The molecule has 0 saturated carbocycles. The highest BCUT2D eigenvalue weighted by Gasteiger charge is 2.24. The molecule has 1 amide bonds. The molecule has 1 atom stereocenters. The number of carboxylic acid groups (broad SMARTS) is 1. The first kappa shape index (κ1) is 22.0. The molecule has 9 nitrogen and oxygen atoms in total. The van der Waals surface area contributed by atoms with Crippen LogP contribution in [0.15, 0.2) is 43.1 Å². The number of nitrogens with one attached hydrogen (secondary N) is 1. The van der Waals surface area contributed by atoms with Crippen molar-refractivity contribution in [2.45, 2.75) is 33.1 Å². The lowest BCUT2D eigenvalue weighted by Crippen LogP contribution is -2.30. The Labute approximate surface area is 178 Å². The van der Waals surface area contributed by atoms with Crippen LogP contribution in [-0.2, 0) is 0 Å². The summed E-state index contributed by atoms with van der Waals surface area (Å²) in [5, 5.41) is 20.3. The third-order valence-electron chi connectivity index (χ3n) is 4.50. The molecule has 2 N–H and O–H groups in total. The van der Waals surface area contributed by atoms with E-state index in [9.17, 15) is 14.0 Å². The molecule has 0 aliphatic carbocycles. The molecule has 0 spiro atoms. The van der Waals surface area contributed by atoms with Gasteiger partial charge in [0, 0.05) is 24.9 Å². The normalized spacial score (nSPS) is 12.4. The summed E-state index contributed by atoms with van der Waals surface area (Å²) in [4.78, 5) is 31.2. The Hall–Kier alpha value is -3.69.